The van der Waals surface area contributed by atoms with E-state index in [1.807, 2.05) is 0 Å². The molecule has 2 aromatic carbocycles. The molecule has 0 bridgehead atoms. The Hall–Kier alpha value is -2.95. The Bertz CT molecular complexity index is 1100. The van der Waals surface area contributed by atoms with Crippen LogP contribution in [0.25, 0.3) is 0 Å². The zero-order chi connectivity index (χ0) is 22.7. The van der Waals surface area contributed by atoms with Gasteiger partial charge in [0.25, 0.3) is 0 Å². The first-order valence-electron chi connectivity index (χ1n) is 10.3. The topological polar surface area (TPSA) is 105 Å². The first-order valence-corrected chi connectivity index (χ1v) is 11.8. The van der Waals surface area contributed by atoms with Crippen LogP contribution in [0.4, 0.5) is 11.4 Å². The van der Waals surface area contributed by atoms with E-state index in [-0.39, 0.29) is 29.7 Å². The van der Waals surface area contributed by atoms with Crippen LogP contribution < -0.4 is 15.0 Å². The van der Waals surface area contributed by atoms with E-state index in [0.717, 1.165) is 0 Å². The molecule has 4 rings (SSSR count). The lowest BCUT2D eigenvalue weighted by atomic mass is 10.1. The average Bonchev–Trinajstić information content (AvgIpc) is 3.21. The minimum atomic E-state index is -3.60. The van der Waals surface area contributed by atoms with Gasteiger partial charge in [-0.05, 0) is 36.4 Å². The summed E-state index contributed by atoms with van der Waals surface area (Å²) < 4.78 is 37.3. The quantitative estimate of drug-likeness (QED) is 0.705. The molecule has 2 saturated heterocycles. The molecule has 2 heterocycles. The molecule has 32 heavy (non-hydrogen) atoms. The summed E-state index contributed by atoms with van der Waals surface area (Å²) in [5.74, 6) is -0.315. The van der Waals surface area contributed by atoms with E-state index in [2.05, 4.69) is 5.32 Å². The van der Waals surface area contributed by atoms with Crippen molar-refractivity contribution >= 4 is 33.2 Å². The maximum Gasteiger partial charge on any atom is 0.243 e. The van der Waals surface area contributed by atoms with Crippen molar-refractivity contribution in [1.82, 2.24) is 4.31 Å². The molecule has 0 radical (unpaired) electrons. The monoisotopic (exact) mass is 459 g/mol. The molecular weight excluding hydrogens is 434 g/mol. The van der Waals surface area contributed by atoms with Crippen LogP contribution in [0.15, 0.2) is 53.4 Å². The number of nitrogens with zero attached hydrogens (tertiary/aromatic N) is 2. The number of hydrogen-bond acceptors (Lipinski definition) is 6. The number of benzene rings is 2. The number of anilines is 2. The van der Waals surface area contributed by atoms with Gasteiger partial charge in [-0.1, -0.05) is 6.07 Å². The van der Waals surface area contributed by atoms with Gasteiger partial charge < -0.3 is 19.7 Å². The number of amides is 2. The molecule has 2 aliphatic rings. The van der Waals surface area contributed by atoms with Crippen molar-refractivity contribution in [2.75, 3.05) is 50.2 Å². The van der Waals surface area contributed by atoms with Crippen molar-refractivity contribution in [2.45, 2.75) is 11.3 Å². The molecular formula is C22H25N3O6S. The van der Waals surface area contributed by atoms with Gasteiger partial charge in [-0.3, -0.25) is 9.59 Å². The number of morpholine rings is 1. The van der Waals surface area contributed by atoms with Crippen LogP contribution in [0.3, 0.4) is 0 Å². The smallest absolute Gasteiger partial charge is 0.243 e. The van der Waals surface area contributed by atoms with Gasteiger partial charge in [-0.15, -0.1) is 0 Å². The SMILES string of the molecule is COc1cccc(NC(=O)C2CC(=O)N(c3ccc(S(=O)(=O)N4CCOCC4)cc3)C2)c1. The number of methoxy groups -OCH3 is 1. The van der Waals surface area contributed by atoms with Crippen LogP contribution in [-0.2, 0) is 24.3 Å². The molecule has 0 aromatic heterocycles. The van der Waals surface area contributed by atoms with Crippen molar-refractivity contribution in [3.63, 3.8) is 0 Å². The highest BCUT2D eigenvalue weighted by molar-refractivity contribution is 7.89. The summed E-state index contributed by atoms with van der Waals surface area (Å²) in [6.45, 7) is 1.61. The summed E-state index contributed by atoms with van der Waals surface area (Å²) >= 11 is 0. The predicted octanol–water partition coefficient (Wildman–Crippen LogP) is 1.71. The van der Waals surface area contributed by atoms with E-state index in [4.69, 9.17) is 9.47 Å². The number of ether oxygens (including phenoxy) is 2. The number of carbonyl (C=O) groups is 2. The maximum atomic E-state index is 12.8. The molecule has 170 valence electrons. The Labute approximate surface area is 187 Å². The second-order valence-corrected chi connectivity index (χ2v) is 9.57. The average molecular weight is 460 g/mol. The third kappa shape index (κ3) is 4.62. The molecule has 2 aromatic rings. The third-order valence-electron chi connectivity index (χ3n) is 5.59. The molecule has 1 unspecified atom stereocenters. The van der Waals surface area contributed by atoms with Gasteiger partial charge in [0, 0.05) is 43.5 Å². The molecule has 2 aliphatic heterocycles. The normalized spacial score (nSPS) is 19.7. The van der Waals surface area contributed by atoms with Gasteiger partial charge in [-0.25, -0.2) is 8.42 Å². The highest BCUT2D eigenvalue weighted by Gasteiger charge is 2.35. The van der Waals surface area contributed by atoms with Crippen molar-refractivity contribution in [3.8, 4) is 5.75 Å². The van der Waals surface area contributed by atoms with E-state index in [9.17, 15) is 18.0 Å². The van der Waals surface area contributed by atoms with Gasteiger partial charge >= 0.3 is 0 Å². The lowest BCUT2D eigenvalue weighted by molar-refractivity contribution is -0.122. The Kier molecular flexibility index (Phi) is 6.45. The van der Waals surface area contributed by atoms with Crippen molar-refractivity contribution in [2.24, 2.45) is 5.92 Å². The Morgan fingerprint density at radius 3 is 2.53 bits per heavy atom. The standard InChI is InChI=1S/C22H25N3O6S/c1-30-19-4-2-3-17(14-19)23-22(27)16-13-21(26)25(15-16)18-5-7-20(8-6-18)32(28,29)24-9-11-31-12-10-24/h2-8,14,16H,9-13,15H2,1H3,(H,23,27). The van der Waals surface area contributed by atoms with E-state index in [1.165, 1.54) is 21.3 Å². The zero-order valence-corrected chi connectivity index (χ0v) is 18.5. The van der Waals surface area contributed by atoms with Crippen molar-refractivity contribution in [3.05, 3.63) is 48.5 Å². The number of nitrogens with one attached hydrogen (secondary N) is 1. The zero-order valence-electron chi connectivity index (χ0n) is 17.7. The van der Waals surface area contributed by atoms with Gasteiger partial charge in [0.05, 0.1) is 31.1 Å². The van der Waals surface area contributed by atoms with Crippen LogP contribution in [0.1, 0.15) is 6.42 Å². The summed E-state index contributed by atoms with van der Waals surface area (Å²) in [7, 11) is -2.06. The van der Waals surface area contributed by atoms with Crippen LogP contribution >= 0.6 is 0 Å². The van der Waals surface area contributed by atoms with Gasteiger partial charge in [0.15, 0.2) is 0 Å². The fraction of sp³-hybridized carbons (Fsp3) is 0.364. The molecule has 1 atom stereocenters. The van der Waals surface area contributed by atoms with E-state index in [0.29, 0.717) is 43.4 Å². The van der Waals surface area contributed by atoms with Crippen LogP contribution in [0.2, 0.25) is 0 Å². The number of hydrogen-bond donors (Lipinski definition) is 1. The van der Waals surface area contributed by atoms with Gasteiger partial charge in [0.1, 0.15) is 5.75 Å². The fourth-order valence-electron chi connectivity index (χ4n) is 3.81. The summed E-state index contributed by atoms with van der Waals surface area (Å²) in [4.78, 5) is 26.9. The first-order chi connectivity index (χ1) is 15.4. The van der Waals surface area contributed by atoms with Crippen LogP contribution in [0.5, 0.6) is 5.75 Å². The minimum Gasteiger partial charge on any atom is -0.497 e. The van der Waals surface area contributed by atoms with E-state index >= 15 is 0 Å². The lowest BCUT2D eigenvalue weighted by Gasteiger charge is -2.26. The molecule has 0 spiro atoms. The summed E-state index contributed by atoms with van der Waals surface area (Å²) in [6.07, 6.45) is 0.0869. The third-order valence-corrected chi connectivity index (χ3v) is 7.50. The van der Waals surface area contributed by atoms with Crippen molar-refractivity contribution in [1.29, 1.82) is 0 Å². The number of carbonyl (C=O) groups excluding carboxylic acids is 2. The highest BCUT2D eigenvalue weighted by Crippen LogP contribution is 2.28. The molecule has 9 nitrogen and oxygen atoms in total. The molecule has 0 aliphatic carbocycles. The molecule has 10 heteroatoms. The molecule has 2 fully saturated rings. The molecule has 1 N–H and O–H groups in total. The van der Waals surface area contributed by atoms with Gasteiger partial charge in [-0.2, -0.15) is 4.31 Å². The van der Waals surface area contributed by atoms with Crippen LogP contribution in [0, 0.1) is 5.92 Å². The van der Waals surface area contributed by atoms with E-state index < -0.39 is 15.9 Å². The lowest BCUT2D eigenvalue weighted by Crippen LogP contribution is -2.40. The first kappa shape index (κ1) is 22.3. The Morgan fingerprint density at radius 1 is 1.12 bits per heavy atom. The van der Waals surface area contributed by atoms with E-state index in [1.54, 1.807) is 43.5 Å². The second-order valence-electron chi connectivity index (χ2n) is 7.64. The largest absolute Gasteiger partial charge is 0.497 e. The fourth-order valence-corrected chi connectivity index (χ4v) is 5.22. The minimum absolute atomic E-state index is 0.0869. The van der Waals surface area contributed by atoms with Gasteiger partial charge in [0.2, 0.25) is 21.8 Å². The molecule has 2 amide bonds. The second kappa shape index (κ2) is 9.27. The maximum absolute atomic E-state index is 12.8. The Morgan fingerprint density at radius 2 is 1.84 bits per heavy atom. The van der Waals surface area contributed by atoms with Crippen molar-refractivity contribution < 1.29 is 27.5 Å². The number of sulfonamides is 1. The highest BCUT2D eigenvalue weighted by atomic mass is 32.2. The predicted molar refractivity (Wildman–Crippen MR) is 118 cm³/mol. The summed E-state index contributed by atoms with van der Waals surface area (Å²) in [5.41, 5.74) is 1.16. The van der Waals surface area contributed by atoms with Crippen LogP contribution in [-0.4, -0.2) is 64.5 Å². The summed E-state index contributed by atoms with van der Waals surface area (Å²) in [6, 6.07) is 13.2. The number of rotatable bonds is 6. The summed E-state index contributed by atoms with van der Waals surface area (Å²) in [5, 5.41) is 2.82. The Balaban J connectivity index is 1.43. The molecule has 0 saturated carbocycles.